The second-order valence-electron chi connectivity index (χ2n) is 4.72. The van der Waals surface area contributed by atoms with Gasteiger partial charge in [0.2, 0.25) is 0 Å². The van der Waals surface area contributed by atoms with Crippen molar-refractivity contribution >= 4 is 11.6 Å². The third-order valence-corrected chi connectivity index (χ3v) is 3.28. The number of aryl methyl sites for hydroxylation is 2. The minimum atomic E-state index is -0.369. The van der Waals surface area contributed by atoms with E-state index in [-0.39, 0.29) is 5.97 Å². The van der Waals surface area contributed by atoms with Crippen molar-refractivity contribution in [3.63, 3.8) is 0 Å². The van der Waals surface area contributed by atoms with Gasteiger partial charge in [0.25, 0.3) is 0 Å². The predicted molar refractivity (Wildman–Crippen MR) is 78.2 cm³/mol. The Morgan fingerprint density at radius 2 is 2.00 bits per heavy atom. The maximum Gasteiger partial charge on any atom is 0.338 e. The molecule has 5 heteroatoms. The van der Waals surface area contributed by atoms with E-state index < -0.39 is 0 Å². The van der Waals surface area contributed by atoms with Crippen LogP contribution < -0.4 is 0 Å². The average molecular weight is 281 g/mol. The Bertz CT molecular complexity index is 766. The third-order valence-electron chi connectivity index (χ3n) is 3.28. The van der Waals surface area contributed by atoms with Crippen LogP contribution in [0.25, 0.3) is 5.65 Å². The molecule has 0 amide bonds. The van der Waals surface area contributed by atoms with Crippen LogP contribution in [0.1, 0.15) is 21.7 Å². The number of pyridine rings is 1. The summed E-state index contributed by atoms with van der Waals surface area (Å²) in [6, 6.07) is 13.6. The first-order valence-electron chi connectivity index (χ1n) is 6.74. The number of nitrogens with zero attached hydrogens (tertiary/aromatic N) is 3. The largest absolute Gasteiger partial charge is 0.465 e. The van der Waals surface area contributed by atoms with Gasteiger partial charge in [-0.3, -0.25) is 0 Å². The first-order valence-corrected chi connectivity index (χ1v) is 6.74. The van der Waals surface area contributed by atoms with E-state index in [4.69, 9.17) is 4.74 Å². The molecule has 106 valence electrons. The molecule has 1 aromatic carbocycles. The molecule has 0 saturated carbocycles. The summed E-state index contributed by atoms with van der Waals surface area (Å²) in [7, 11) is 1.36. The van der Waals surface area contributed by atoms with Crippen LogP contribution in [0.4, 0.5) is 0 Å². The van der Waals surface area contributed by atoms with Gasteiger partial charge in [-0.15, -0.1) is 0 Å². The van der Waals surface area contributed by atoms with Gasteiger partial charge >= 0.3 is 5.97 Å². The molecule has 0 fully saturated rings. The van der Waals surface area contributed by atoms with Crippen LogP contribution in [-0.4, -0.2) is 27.7 Å². The van der Waals surface area contributed by atoms with Crippen molar-refractivity contribution in [3.8, 4) is 0 Å². The van der Waals surface area contributed by atoms with Gasteiger partial charge in [-0.05, 0) is 24.1 Å². The Morgan fingerprint density at radius 3 is 2.76 bits per heavy atom. The number of benzene rings is 1. The molecule has 3 aromatic rings. The van der Waals surface area contributed by atoms with Crippen molar-refractivity contribution < 1.29 is 9.53 Å². The van der Waals surface area contributed by atoms with Gasteiger partial charge in [0.1, 0.15) is 0 Å². The van der Waals surface area contributed by atoms with E-state index in [0.717, 1.165) is 18.7 Å². The highest BCUT2D eigenvalue weighted by atomic mass is 16.5. The summed E-state index contributed by atoms with van der Waals surface area (Å²) in [5.41, 5.74) is 2.39. The highest BCUT2D eigenvalue weighted by molar-refractivity contribution is 5.90. The Morgan fingerprint density at radius 1 is 1.19 bits per heavy atom. The summed E-state index contributed by atoms with van der Waals surface area (Å²) in [5, 5.41) is 4.41. The number of rotatable bonds is 4. The normalized spacial score (nSPS) is 10.7. The van der Waals surface area contributed by atoms with Crippen molar-refractivity contribution in [3.05, 3.63) is 65.6 Å². The number of aromatic nitrogens is 3. The first-order chi connectivity index (χ1) is 10.3. The number of fused-ring (bicyclic) bond motifs is 1. The smallest absolute Gasteiger partial charge is 0.338 e. The van der Waals surface area contributed by atoms with Crippen molar-refractivity contribution in [2.45, 2.75) is 12.8 Å². The van der Waals surface area contributed by atoms with Gasteiger partial charge in [0.05, 0.1) is 12.7 Å². The summed E-state index contributed by atoms with van der Waals surface area (Å²) < 4.78 is 6.37. The molecular weight excluding hydrogens is 266 g/mol. The molecule has 0 atom stereocenters. The van der Waals surface area contributed by atoms with Crippen LogP contribution in [-0.2, 0) is 17.6 Å². The summed E-state index contributed by atoms with van der Waals surface area (Å²) in [6.45, 7) is 0. The summed E-state index contributed by atoms with van der Waals surface area (Å²) in [5.74, 6) is 0.396. The van der Waals surface area contributed by atoms with Crippen molar-refractivity contribution in [1.29, 1.82) is 0 Å². The van der Waals surface area contributed by atoms with Crippen molar-refractivity contribution in [2.75, 3.05) is 7.11 Å². The Hall–Kier alpha value is -2.69. The van der Waals surface area contributed by atoms with E-state index in [1.807, 2.05) is 18.2 Å². The zero-order chi connectivity index (χ0) is 14.7. The van der Waals surface area contributed by atoms with Crippen molar-refractivity contribution in [2.24, 2.45) is 0 Å². The molecule has 0 aliphatic rings. The monoisotopic (exact) mass is 281 g/mol. The Kier molecular flexibility index (Phi) is 3.64. The molecule has 0 N–H and O–H groups in total. The molecule has 0 unspecified atom stereocenters. The van der Waals surface area contributed by atoms with Crippen molar-refractivity contribution in [1.82, 2.24) is 14.6 Å². The molecule has 0 aliphatic heterocycles. The predicted octanol–water partition coefficient (Wildman–Crippen LogP) is 2.30. The highest BCUT2D eigenvalue weighted by Crippen LogP contribution is 2.09. The third kappa shape index (κ3) is 2.91. The topological polar surface area (TPSA) is 56.5 Å². The maximum atomic E-state index is 11.5. The Balaban J connectivity index is 1.79. The fraction of sp³-hybridized carbons (Fsp3) is 0.188. The number of esters is 1. The van der Waals surface area contributed by atoms with Gasteiger partial charge in [-0.1, -0.05) is 30.3 Å². The van der Waals surface area contributed by atoms with E-state index >= 15 is 0 Å². The maximum absolute atomic E-state index is 11.5. The lowest BCUT2D eigenvalue weighted by molar-refractivity contribution is 0.0600. The molecule has 0 radical (unpaired) electrons. The van der Waals surface area contributed by atoms with Crippen LogP contribution in [0.2, 0.25) is 0 Å². The molecule has 0 spiro atoms. The average Bonchev–Trinajstić information content (AvgIpc) is 2.95. The van der Waals surface area contributed by atoms with E-state index in [1.165, 1.54) is 12.7 Å². The number of carbonyl (C=O) groups is 1. The molecule has 2 aromatic heterocycles. The molecule has 0 aliphatic carbocycles. The Labute approximate surface area is 122 Å². The second kappa shape index (κ2) is 5.75. The van der Waals surface area contributed by atoms with Crippen LogP contribution in [0, 0.1) is 0 Å². The SMILES string of the molecule is COC(=O)c1ccn2nc(CCc3ccccc3)nc2c1. The van der Waals surface area contributed by atoms with Gasteiger partial charge in [0.15, 0.2) is 11.5 Å². The number of carbonyl (C=O) groups excluding carboxylic acids is 1. The lowest BCUT2D eigenvalue weighted by Crippen LogP contribution is -2.02. The van der Waals surface area contributed by atoms with Crippen LogP contribution in [0.15, 0.2) is 48.7 Å². The molecule has 21 heavy (non-hydrogen) atoms. The fourth-order valence-corrected chi connectivity index (χ4v) is 2.18. The zero-order valence-electron chi connectivity index (χ0n) is 11.7. The number of ether oxygens (including phenoxy) is 1. The molecule has 5 nitrogen and oxygen atoms in total. The summed E-state index contributed by atoms with van der Waals surface area (Å²) in [6.07, 6.45) is 3.38. The minimum absolute atomic E-state index is 0.369. The molecule has 2 heterocycles. The highest BCUT2D eigenvalue weighted by Gasteiger charge is 2.09. The summed E-state index contributed by atoms with van der Waals surface area (Å²) >= 11 is 0. The molecule has 0 bridgehead atoms. The van der Waals surface area contributed by atoms with E-state index in [9.17, 15) is 4.79 Å². The zero-order valence-corrected chi connectivity index (χ0v) is 11.7. The first kappa shape index (κ1) is 13.3. The molecule has 0 saturated heterocycles. The fourth-order valence-electron chi connectivity index (χ4n) is 2.18. The van der Waals surface area contributed by atoms with Gasteiger partial charge < -0.3 is 4.74 Å². The van der Waals surface area contributed by atoms with Crippen LogP contribution in [0.3, 0.4) is 0 Å². The van der Waals surface area contributed by atoms with Crippen LogP contribution in [0.5, 0.6) is 0 Å². The van der Waals surface area contributed by atoms with E-state index in [2.05, 4.69) is 22.2 Å². The number of hydrogen-bond donors (Lipinski definition) is 0. The minimum Gasteiger partial charge on any atom is -0.465 e. The number of methoxy groups -OCH3 is 1. The van der Waals surface area contributed by atoms with E-state index in [1.54, 1.807) is 22.8 Å². The molecular formula is C16H15N3O2. The molecule has 3 rings (SSSR count). The van der Waals surface area contributed by atoms with Gasteiger partial charge in [-0.25, -0.2) is 14.3 Å². The summed E-state index contributed by atoms with van der Waals surface area (Å²) in [4.78, 5) is 15.9. The number of hydrogen-bond acceptors (Lipinski definition) is 4. The second-order valence-corrected chi connectivity index (χ2v) is 4.72. The quantitative estimate of drug-likeness (QED) is 0.689. The lowest BCUT2D eigenvalue weighted by Gasteiger charge is -1.97. The standard InChI is InChI=1S/C16H15N3O2/c1-21-16(20)13-9-10-19-15(11-13)17-14(18-19)8-7-12-5-3-2-4-6-12/h2-6,9-11H,7-8H2,1H3. The van der Waals surface area contributed by atoms with Gasteiger partial charge in [0, 0.05) is 12.6 Å². The van der Waals surface area contributed by atoms with E-state index in [0.29, 0.717) is 11.2 Å². The van der Waals surface area contributed by atoms with Crippen LogP contribution >= 0.6 is 0 Å². The lowest BCUT2D eigenvalue weighted by atomic mass is 10.1. The van der Waals surface area contributed by atoms with Gasteiger partial charge in [-0.2, -0.15) is 5.10 Å².